The number of anilines is 1. The Morgan fingerprint density at radius 3 is 2.61 bits per heavy atom. The van der Waals surface area contributed by atoms with E-state index < -0.39 is 18.0 Å². The van der Waals surface area contributed by atoms with Crippen molar-refractivity contribution in [2.75, 3.05) is 5.32 Å². The van der Waals surface area contributed by atoms with Crippen molar-refractivity contribution in [1.82, 2.24) is 9.78 Å². The number of alkyl halides is 2. The summed E-state index contributed by atoms with van der Waals surface area (Å²) in [5.74, 6) is -0.659. The molecular formula is C19H16Cl2F2N3OP. The van der Waals surface area contributed by atoms with Gasteiger partial charge >= 0.3 is 0 Å². The summed E-state index contributed by atoms with van der Waals surface area (Å²) in [6, 6.07) is 10.4. The number of carbonyl (C=O) groups excluding carboxylic acids is 1. The summed E-state index contributed by atoms with van der Waals surface area (Å²) in [4.78, 5) is 12.7. The fraction of sp³-hybridized carbons (Fsp3) is 0.158. The topological polar surface area (TPSA) is 46.9 Å². The molecule has 0 aliphatic heterocycles. The van der Waals surface area contributed by atoms with Crippen LogP contribution in [0, 0.1) is 0 Å². The van der Waals surface area contributed by atoms with Crippen LogP contribution in [0.25, 0.3) is 11.1 Å². The Morgan fingerprint density at radius 2 is 1.96 bits per heavy atom. The van der Waals surface area contributed by atoms with E-state index in [-0.39, 0.29) is 5.56 Å². The van der Waals surface area contributed by atoms with E-state index >= 15 is 0 Å². The molecule has 4 nitrogen and oxygen atoms in total. The first kappa shape index (κ1) is 20.7. The van der Waals surface area contributed by atoms with Crippen LogP contribution < -0.4 is 10.6 Å². The molecule has 0 aliphatic rings. The Morgan fingerprint density at radius 1 is 1.21 bits per heavy atom. The molecule has 1 aromatic heterocycles. The second-order valence-electron chi connectivity index (χ2n) is 5.97. The van der Waals surface area contributed by atoms with Gasteiger partial charge in [0, 0.05) is 24.0 Å². The molecule has 3 rings (SSSR count). The number of benzene rings is 2. The van der Waals surface area contributed by atoms with Crippen LogP contribution >= 0.6 is 32.4 Å². The highest BCUT2D eigenvalue weighted by molar-refractivity contribution is 7.27. The third-order valence-electron chi connectivity index (χ3n) is 4.09. The molecule has 1 unspecified atom stereocenters. The van der Waals surface area contributed by atoms with Crippen LogP contribution in [-0.2, 0) is 6.54 Å². The predicted molar refractivity (Wildman–Crippen MR) is 112 cm³/mol. The number of rotatable bonds is 5. The monoisotopic (exact) mass is 441 g/mol. The molecule has 0 saturated carbocycles. The second kappa shape index (κ2) is 8.56. The fourth-order valence-electron chi connectivity index (χ4n) is 2.70. The minimum absolute atomic E-state index is 0.160. The zero-order chi connectivity index (χ0) is 20.4. The lowest BCUT2D eigenvalue weighted by Crippen LogP contribution is -2.14. The molecule has 1 amide bonds. The SMILES string of the molecule is CCn1cc(C(=O)Nc2ccc(P)cc2-c2ccc(Cl)c(Cl)c2)c(C(F)F)n1. The van der Waals surface area contributed by atoms with Crippen molar-refractivity contribution in [2.24, 2.45) is 0 Å². The predicted octanol–water partition coefficient (Wildman–Crippen LogP) is 5.57. The summed E-state index contributed by atoms with van der Waals surface area (Å²) in [6.07, 6.45) is -1.53. The summed E-state index contributed by atoms with van der Waals surface area (Å²) in [7, 11) is 2.57. The Balaban J connectivity index is 2.00. The van der Waals surface area contributed by atoms with E-state index in [2.05, 4.69) is 19.7 Å². The number of amides is 1. The number of aromatic nitrogens is 2. The molecular weight excluding hydrogens is 426 g/mol. The molecule has 28 heavy (non-hydrogen) atoms. The molecule has 146 valence electrons. The zero-order valence-corrected chi connectivity index (χ0v) is 17.4. The van der Waals surface area contributed by atoms with Crippen LogP contribution in [0.5, 0.6) is 0 Å². The quantitative estimate of drug-likeness (QED) is 0.526. The standard InChI is InChI=1S/C19H16Cl2F2N3OP/c1-2-26-9-13(17(25-26)18(22)23)19(27)24-16-6-4-11(28)8-12(16)10-3-5-14(20)15(21)7-10/h3-9,18H,2,28H2,1H3,(H,24,27). The Hall–Kier alpha value is -2.01. The molecule has 9 heteroatoms. The van der Waals surface area contributed by atoms with E-state index in [4.69, 9.17) is 23.2 Å². The minimum Gasteiger partial charge on any atom is -0.321 e. The van der Waals surface area contributed by atoms with E-state index in [0.29, 0.717) is 27.8 Å². The van der Waals surface area contributed by atoms with Crippen LogP contribution in [-0.4, -0.2) is 15.7 Å². The molecule has 1 heterocycles. The van der Waals surface area contributed by atoms with Gasteiger partial charge in [-0.05, 0) is 42.1 Å². The molecule has 0 spiro atoms. The third-order valence-corrected chi connectivity index (χ3v) is 5.19. The van der Waals surface area contributed by atoms with Gasteiger partial charge in [-0.25, -0.2) is 8.78 Å². The van der Waals surface area contributed by atoms with Gasteiger partial charge in [0.1, 0.15) is 5.69 Å². The van der Waals surface area contributed by atoms with Gasteiger partial charge in [-0.2, -0.15) is 5.10 Å². The maximum atomic E-state index is 13.3. The molecule has 0 fully saturated rings. The third kappa shape index (κ3) is 4.35. The molecule has 2 aromatic carbocycles. The van der Waals surface area contributed by atoms with Crippen LogP contribution in [0.4, 0.5) is 14.5 Å². The van der Waals surface area contributed by atoms with Crippen molar-refractivity contribution in [1.29, 1.82) is 0 Å². The van der Waals surface area contributed by atoms with Gasteiger partial charge in [-0.15, -0.1) is 9.24 Å². The summed E-state index contributed by atoms with van der Waals surface area (Å²) >= 11 is 12.1. The largest absolute Gasteiger partial charge is 0.321 e. The number of nitrogens with one attached hydrogen (secondary N) is 1. The molecule has 1 N–H and O–H groups in total. The van der Waals surface area contributed by atoms with Crippen LogP contribution in [0.1, 0.15) is 29.4 Å². The number of hydrogen-bond donors (Lipinski definition) is 1. The number of hydrogen-bond acceptors (Lipinski definition) is 2. The maximum Gasteiger partial charge on any atom is 0.282 e. The number of carbonyl (C=O) groups is 1. The molecule has 1 atom stereocenters. The van der Waals surface area contributed by atoms with Crippen molar-refractivity contribution in [2.45, 2.75) is 19.9 Å². The molecule has 0 saturated heterocycles. The van der Waals surface area contributed by atoms with Crippen molar-refractivity contribution < 1.29 is 13.6 Å². The first-order chi connectivity index (χ1) is 13.3. The van der Waals surface area contributed by atoms with Crippen molar-refractivity contribution in [3.63, 3.8) is 0 Å². The average molecular weight is 442 g/mol. The summed E-state index contributed by atoms with van der Waals surface area (Å²) in [5, 5.41) is 8.15. The van der Waals surface area contributed by atoms with Gasteiger partial charge in [-0.3, -0.25) is 9.48 Å². The van der Waals surface area contributed by atoms with Gasteiger partial charge in [0.05, 0.1) is 15.6 Å². The Labute approximate surface area is 173 Å². The van der Waals surface area contributed by atoms with E-state index in [9.17, 15) is 13.6 Å². The van der Waals surface area contributed by atoms with Crippen LogP contribution in [0.15, 0.2) is 42.6 Å². The van der Waals surface area contributed by atoms with Crippen molar-refractivity contribution in [3.05, 3.63) is 63.9 Å². The first-order valence-corrected chi connectivity index (χ1v) is 9.65. The van der Waals surface area contributed by atoms with Gasteiger partial charge in [0.15, 0.2) is 0 Å². The summed E-state index contributed by atoms with van der Waals surface area (Å²) in [6.45, 7) is 2.13. The second-order valence-corrected chi connectivity index (χ2v) is 7.45. The Kier molecular flexibility index (Phi) is 6.33. The average Bonchev–Trinajstić information content (AvgIpc) is 3.10. The van der Waals surface area contributed by atoms with Crippen molar-refractivity contribution >= 4 is 49.3 Å². The molecule has 3 aromatic rings. The highest BCUT2D eigenvalue weighted by Crippen LogP contribution is 2.33. The first-order valence-electron chi connectivity index (χ1n) is 8.32. The van der Waals surface area contributed by atoms with Crippen LogP contribution in [0.3, 0.4) is 0 Å². The lowest BCUT2D eigenvalue weighted by molar-refractivity contribution is 0.101. The highest BCUT2D eigenvalue weighted by Gasteiger charge is 2.24. The van der Waals surface area contributed by atoms with Gasteiger partial charge in [0.2, 0.25) is 0 Å². The normalized spacial score (nSPS) is 11.1. The molecule has 0 radical (unpaired) electrons. The lowest BCUT2D eigenvalue weighted by atomic mass is 10.0. The number of halogens is 4. The molecule has 0 bridgehead atoms. The minimum atomic E-state index is -2.85. The Bertz CT molecular complexity index is 1040. The van der Waals surface area contributed by atoms with Crippen molar-refractivity contribution in [3.8, 4) is 11.1 Å². The summed E-state index contributed by atoms with van der Waals surface area (Å²) in [5.41, 5.74) is 1.16. The van der Waals surface area contributed by atoms with Gasteiger partial charge < -0.3 is 5.32 Å². The van der Waals surface area contributed by atoms with Crippen LogP contribution in [0.2, 0.25) is 10.0 Å². The summed E-state index contributed by atoms with van der Waals surface area (Å²) < 4.78 is 27.8. The molecule has 0 aliphatic carbocycles. The van der Waals surface area contributed by atoms with Gasteiger partial charge in [0.25, 0.3) is 12.3 Å². The fourth-order valence-corrected chi connectivity index (χ4v) is 3.26. The maximum absolute atomic E-state index is 13.3. The smallest absolute Gasteiger partial charge is 0.282 e. The van der Waals surface area contributed by atoms with E-state index in [1.807, 2.05) is 6.07 Å². The lowest BCUT2D eigenvalue weighted by Gasteiger charge is -2.13. The van der Waals surface area contributed by atoms with E-state index in [1.165, 1.54) is 10.9 Å². The number of aryl methyl sites for hydroxylation is 1. The highest BCUT2D eigenvalue weighted by atomic mass is 35.5. The van der Waals surface area contributed by atoms with E-state index in [0.717, 1.165) is 10.9 Å². The van der Waals surface area contributed by atoms with Gasteiger partial charge in [-0.1, -0.05) is 35.3 Å². The zero-order valence-electron chi connectivity index (χ0n) is 14.7. The van der Waals surface area contributed by atoms with E-state index in [1.54, 1.807) is 37.3 Å². The number of nitrogens with zero attached hydrogens (tertiary/aromatic N) is 2.